The number of hydrogen-bond acceptors (Lipinski definition) is 2. The summed E-state index contributed by atoms with van der Waals surface area (Å²) < 4.78 is 0. The maximum Gasteiger partial charge on any atom is 1.00 e. The summed E-state index contributed by atoms with van der Waals surface area (Å²) in [7, 11) is 0. The van der Waals surface area contributed by atoms with Gasteiger partial charge in [-0.15, -0.1) is 0 Å². The molecule has 18 heavy (non-hydrogen) atoms. The van der Waals surface area contributed by atoms with Crippen LogP contribution in [0.3, 0.4) is 0 Å². The van der Waals surface area contributed by atoms with Gasteiger partial charge in [-0.1, -0.05) is 42.5 Å². The van der Waals surface area contributed by atoms with Crippen molar-refractivity contribution in [1.29, 1.82) is 0 Å². The first kappa shape index (κ1) is 15.6. The Bertz CT molecular complexity index is 507. The number of hydrogen-bond donors (Lipinski definition) is 1. The van der Waals surface area contributed by atoms with Gasteiger partial charge in [0.15, 0.2) is 5.78 Å². The molecule has 0 bridgehead atoms. The fourth-order valence-electron chi connectivity index (χ4n) is 1.73. The van der Waals surface area contributed by atoms with Gasteiger partial charge in [-0.05, 0) is 30.5 Å². The van der Waals surface area contributed by atoms with E-state index in [1.54, 1.807) is 18.2 Å². The Kier molecular flexibility index (Phi) is 6.82. The summed E-state index contributed by atoms with van der Waals surface area (Å²) in [6.07, 6.45) is 12.4. The second-order valence-corrected chi connectivity index (χ2v) is 3.95. The van der Waals surface area contributed by atoms with Crippen molar-refractivity contribution in [3.8, 4) is 5.75 Å². The first-order valence-corrected chi connectivity index (χ1v) is 5.61. The van der Waals surface area contributed by atoms with Crippen molar-refractivity contribution in [2.45, 2.75) is 6.42 Å². The van der Waals surface area contributed by atoms with Gasteiger partial charge in [-0.2, -0.15) is 0 Å². The standard InChI is InChI=1S/C15H14O2.K.H/c16-14-9-5-4-8-13(14)15(17)11-10-12-6-2-1-3-7-12;;/h1-6,8-12,16H,7H2;;/q;+1;-1. The van der Waals surface area contributed by atoms with Gasteiger partial charge in [0, 0.05) is 0 Å². The van der Waals surface area contributed by atoms with Crippen LogP contribution >= 0.6 is 0 Å². The molecule has 0 aliphatic heterocycles. The third kappa shape index (κ3) is 4.34. The van der Waals surface area contributed by atoms with Crippen LogP contribution in [0.15, 0.2) is 60.7 Å². The summed E-state index contributed by atoms with van der Waals surface area (Å²) in [5, 5.41) is 9.54. The molecule has 2 rings (SSSR count). The fraction of sp³-hybridized carbons (Fsp3) is 0.133. The van der Waals surface area contributed by atoms with Gasteiger partial charge in [-0.25, -0.2) is 0 Å². The average molecular weight is 266 g/mol. The van der Waals surface area contributed by atoms with Crippen LogP contribution in [0.2, 0.25) is 0 Å². The van der Waals surface area contributed by atoms with Crippen LogP contribution in [0.4, 0.5) is 0 Å². The maximum absolute atomic E-state index is 11.8. The number of para-hydroxylation sites is 1. The molecule has 0 spiro atoms. The molecule has 3 heteroatoms. The molecule has 0 heterocycles. The SMILES string of the molecule is O=C(C=CC1C=CC=CC1)c1ccccc1O.[H-].[K+]. The molecule has 1 aliphatic rings. The van der Waals surface area contributed by atoms with Gasteiger partial charge in [0.25, 0.3) is 0 Å². The number of phenols is 1. The molecule has 0 aromatic heterocycles. The smallest absolute Gasteiger partial charge is 1.00 e. The Morgan fingerprint density at radius 3 is 2.78 bits per heavy atom. The second-order valence-electron chi connectivity index (χ2n) is 3.95. The molecular formula is C15H15KO2. The summed E-state index contributed by atoms with van der Waals surface area (Å²) in [5.41, 5.74) is 0.346. The quantitative estimate of drug-likeness (QED) is 0.488. The Morgan fingerprint density at radius 1 is 1.33 bits per heavy atom. The van der Waals surface area contributed by atoms with Crippen LogP contribution in [-0.2, 0) is 0 Å². The zero-order valence-corrected chi connectivity index (χ0v) is 13.5. The maximum atomic E-state index is 11.8. The van der Waals surface area contributed by atoms with E-state index in [1.165, 1.54) is 12.1 Å². The zero-order valence-electron chi connectivity index (χ0n) is 11.4. The predicted octanol–water partition coefficient (Wildman–Crippen LogP) is 0.380. The molecule has 0 saturated carbocycles. The minimum absolute atomic E-state index is 0. The fourth-order valence-corrected chi connectivity index (χ4v) is 1.73. The van der Waals surface area contributed by atoms with Crippen LogP contribution in [0.1, 0.15) is 18.2 Å². The molecule has 1 aromatic carbocycles. The summed E-state index contributed by atoms with van der Waals surface area (Å²) in [5.74, 6) is 0.141. The van der Waals surface area contributed by atoms with Gasteiger partial charge in [0.05, 0.1) is 5.56 Å². The van der Waals surface area contributed by atoms with Gasteiger partial charge in [-0.3, -0.25) is 4.79 Å². The van der Waals surface area contributed by atoms with E-state index in [9.17, 15) is 9.90 Å². The van der Waals surface area contributed by atoms with Crippen molar-refractivity contribution in [3.05, 3.63) is 66.3 Å². The molecule has 1 aromatic rings. The summed E-state index contributed by atoms with van der Waals surface area (Å²) in [4.78, 5) is 11.8. The van der Waals surface area contributed by atoms with Crippen molar-refractivity contribution in [3.63, 3.8) is 0 Å². The molecule has 1 N–H and O–H groups in total. The van der Waals surface area contributed by atoms with Gasteiger partial charge in [0.1, 0.15) is 5.75 Å². The minimum atomic E-state index is -0.161. The number of aromatic hydroxyl groups is 1. The summed E-state index contributed by atoms with van der Waals surface area (Å²) >= 11 is 0. The summed E-state index contributed by atoms with van der Waals surface area (Å²) in [6, 6.07) is 6.58. The Labute approximate surface area is 151 Å². The molecule has 1 unspecified atom stereocenters. The van der Waals surface area contributed by atoms with Crippen LogP contribution in [-0.4, -0.2) is 10.9 Å². The third-order valence-corrected chi connectivity index (χ3v) is 2.68. The molecule has 0 fully saturated rings. The predicted molar refractivity (Wildman–Crippen MR) is 69.1 cm³/mol. The Morgan fingerprint density at radius 2 is 2.11 bits per heavy atom. The van der Waals surface area contributed by atoms with E-state index in [2.05, 4.69) is 12.2 Å². The van der Waals surface area contributed by atoms with Crippen molar-refractivity contribution < 1.29 is 62.7 Å². The number of carbonyl (C=O) groups is 1. The monoisotopic (exact) mass is 266 g/mol. The molecule has 2 nitrogen and oxygen atoms in total. The van der Waals surface area contributed by atoms with Crippen molar-refractivity contribution in [1.82, 2.24) is 0 Å². The average Bonchev–Trinajstić information content (AvgIpc) is 2.38. The largest absolute Gasteiger partial charge is 1.00 e. The van der Waals surface area contributed by atoms with Crippen molar-refractivity contribution in [2.24, 2.45) is 5.92 Å². The molecule has 0 amide bonds. The number of ketones is 1. The van der Waals surface area contributed by atoms with E-state index >= 15 is 0 Å². The molecular weight excluding hydrogens is 251 g/mol. The Balaban J connectivity index is 0.00000162. The van der Waals surface area contributed by atoms with E-state index < -0.39 is 0 Å². The van der Waals surface area contributed by atoms with E-state index in [4.69, 9.17) is 0 Å². The zero-order chi connectivity index (χ0) is 12.1. The normalized spacial score (nSPS) is 17.7. The van der Waals surface area contributed by atoms with Crippen molar-refractivity contribution in [2.75, 3.05) is 0 Å². The second kappa shape index (κ2) is 7.87. The van der Waals surface area contributed by atoms with Crippen LogP contribution in [0.5, 0.6) is 5.75 Å². The van der Waals surface area contributed by atoms with Gasteiger partial charge in [0.2, 0.25) is 0 Å². The van der Waals surface area contributed by atoms with E-state index in [-0.39, 0.29) is 70.3 Å². The topological polar surface area (TPSA) is 37.3 Å². The van der Waals surface area contributed by atoms with Crippen LogP contribution in [0, 0.1) is 5.92 Å². The van der Waals surface area contributed by atoms with E-state index in [0.29, 0.717) is 5.56 Å². The van der Waals surface area contributed by atoms with E-state index in [1.807, 2.05) is 18.2 Å². The number of benzene rings is 1. The molecule has 0 radical (unpaired) electrons. The molecule has 0 saturated heterocycles. The van der Waals surface area contributed by atoms with Crippen LogP contribution in [0.25, 0.3) is 0 Å². The first-order valence-electron chi connectivity index (χ1n) is 5.61. The van der Waals surface area contributed by atoms with Crippen LogP contribution < -0.4 is 51.4 Å². The van der Waals surface area contributed by atoms with Gasteiger partial charge >= 0.3 is 51.4 Å². The van der Waals surface area contributed by atoms with Gasteiger partial charge < -0.3 is 6.53 Å². The molecule has 1 aliphatic carbocycles. The first-order chi connectivity index (χ1) is 8.27. The number of allylic oxidation sites excluding steroid dienone is 6. The van der Waals surface area contributed by atoms with Crippen molar-refractivity contribution >= 4 is 5.78 Å². The number of rotatable bonds is 3. The summed E-state index contributed by atoms with van der Waals surface area (Å²) in [6.45, 7) is 0. The molecule has 88 valence electrons. The third-order valence-electron chi connectivity index (χ3n) is 2.68. The molecule has 1 atom stereocenters. The Hall–Kier alpha value is -0.454. The number of phenolic OH excluding ortho intramolecular Hbond substituents is 1. The number of carbonyl (C=O) groups excluding carboxylic acids is 1. The van der Waals surface area contributed by atoms with E-state index in [0.717, 1.165) is 6.42 Å². The minimum Gasteiger partial charge on any atom is -1.00 e.